The number of benzene rings is 1. The Kier molecular flexibility index (Phi) is 6.90. The maximum Gasteiger partial charge on any atom is 0.310 e. The molecule has 0 unspecified atom stereocenters. The molecule has 0 radical (unpaired) electrons. The summed E-state index contributed by atoms with van der Waals surface area (Å²) < 4.78 is 5.14. The van der Waals surface area contributed by atoms with Crippen molar-refractivity contribution in [2.75, 3.05) is 11.9 Å². The normalized spacial score (nSPS) is 10.1. The van der Waals surface area contributed by atoms with Gasteiger partial charge < -0.3 is 4.74 Å². The van der Waals surface area contributed by atoms with E-state index in [1.165, 1.54) is 0 Å². The van der Waals surface area contributed by atoms with Crippen molar-refractivity contribution in [2.24, 2.45) is 0 Å². The number of unbranched alkanes of at least 4 members (excludes halogenated alkanes) is 2. The quantitative estimate of drug-likeness (QED) is 0.436. The Morgan fingerprint density at radius 2 is 1.88 bits per heavy atom. The smallest absolute Gasteiger partial charge is 0.310 e. The van der Waals surface area contributed by atoms with Gasteiger partial charge in [-0.2, -0.15) is 0 Å². The van der Waals surface area contributed by atoms with E-state index in [1.54, 1.807) is 0 Å². The maximum absolute atomic E-state index is 11.4. The minimum Gasteiger partial charge on any atom is -0.465 e. The fraction of sp³-hybridized carbons (Fsp3) is 0.462. The third-order valence-corrected chi connectivity index (χ3v) is 2.79. The summed E-state index contributed by atoms with van der Waals surface area (Å²) in [5.41, 5.74) is 1.01. The number of ether oxygens (including phenoxy) is 1. The molecule has 0 heterocycles. The Labute approximate surface area is 105 Å². The molecule has 1 rings (SSSR count). The van der Waals surface area contributed by atoms with Gasteiger partial charge in [0.1, 0.15) is 0 Å². The lowest BCUT2D eigenvalue weighted by Crippen LogP contribution is -2.08. The highest BCUT2D eigenvalue weighted by atomic mass is 79.9. The minimum absolute atomic E-state index is 0.134. The molecule has 0 saturated heterocycles. The van der Waals surface area contributed by atoms with E-state index in [0.29, 0.717) is 13.0 Å². The number of hydrogen-bond donors (Lipinski definition) is 0. The number of halogens is 1. The Balaban J connectivity index is 2.12. The SMILES string of the molecule is O=C(Cc1ccccc1)OCCCCCBr. The van der Waals surface area contributed by atoms with E-state index >= 15 is 0 Å². The summed E-state index contributed by atoms with van der Waals surface area (Å²) in [6, 6.07) is 9.67. The molecule has 3 heteroatoms. The number of esters is 1. The average Bonchev–Trinajstić information content (AvgIpc) is 2.30. The molecule has 0 N–H and O–H groups in total. The first-order chi connectivity index (χ1) is 7.83. The largest absolute Gasteiger partial charge is 0.465 e. The average molecular weight is 285 g/mol. The van der Waals surface area contributed by atoms with E-state index in [2.05, 4.69) is 15.9 Å². The van der Waals surface area contributed by atoms with Crippen LogP contribution in [0.2, 0.25) is 0 Å². The zero-order chi connectivity index (χ0) is 11.6. The van der Waals surface area contributed by atoms with Crippen LogP contribution in [0.4, 0.5) is 0 Å². The van der Waals surface area contributed by atoms with E-state index in [0.717, 1.165) is 30.2 Å². The van der Waals surface area contributed by atoms with Crippen LogP contribution in [0.1, 0.15) is 24.8 Å². The van der Waals surface area contributed by atoms with Crippen LogP contribution in [-0.2, 0) is 16.0 Å². The lowest BCUT2D eigenvalue weighted by atomic mass is 10.2. The van der Waals surface area contributed by atoms with Gasteiger partial charge in [0, 0.05) is 5.33 Å². The summed E-state index contributed by atoms with van der Waals surface area (Å²) in [6.07, 6.45) is 3.56. The van der Waals surface area contributed by atoms with Gasteiger partial charge in [-0.15, -0.1) is 0 Å². The number of alkyl halides is 1. The summed E-state index contributed by atoms with van der Waals surface area (Å²) in [6.45, 7) is 0.540. The molecule has 1 aromatic rings. The van der Waals surface area contributed by atoms with E-state index in [1.807, 2.05) is 30.3 Å². The Morgan fingerprint density at radius 1 is 1.12 bits per heavy atom. The van der Waals surface area contributed by atoms with Crippen LogP contribution < -0.4 is 0 Å². The predicted octanol–water partition coefficient (Wildman–Crippen LogP) is 3.34. The molecule has 88 valence electrons. The molecule has 0 aromatic heterocycles. The summed E-state index contributed by atoms with van der Waals surface area (Å²) in [5, 5.41) is 1.02. The number of rotatable bonds is 7. The molecule has 0 atom stereocenters. The first kappa shape index (κ1) is 13.2. The summed E-state index contributed by atoms with van der Waals surface area (Å²) in [7, 11) is 0. The van der Waals surface area contributed by atoms with Crippen molar-refractivity contribution in [3.63, 3.8) is 0 Å². The third kappa shape index (κ3) is 5.91. The number of carbonyl (C=O) groups excluding carboxylic acids is 1. The Hall–Kier alpha value is -0.830. The fourth-order valence-electron chi connectivity index (χ4n) is 1.37. The monoisotopic (exact) mass is 284 g/mol. The molecule has 0 saturated carbocycles. The highest BCUT2D eigenvalue weighted by Crippen LogP contribution is 2.02. The first-order valence-electron chi connectivity index (χ1n) is 5.58. The van der Waals surface area contributed by atoms with E-state index in [-0.39, 0.29) is 5.97 Å². The van der Waals surface area contributed by atoms with Gasteiger partial charge in [-0.1, -0.05) is 46.3 Å². The van der Waals surface area contributed by atoms with E-state index < -0.39 is 0 Å². The summed E-state index contributed by atoms with van der Waals surface area (Å²) in [5.74, 6) is -0.134. The summed E-state index contributed by atoms with van der Waals surface area (Å²) >= 11 is 3.37. The van der Waals surface area contributed by atoms with Gasteiger partial charge in [0.25, 0.3) is 0 Å². The van der Waals surface area contributed by atoms with Crippen molar-refractivity contribution >= 4 is 21.9 Å². The van der Waals surface area contributed by atoms with Crippen LogP contribution >= 0.6 is 15.9 Å². The van der Waals surface area contributed by atoms with Crippen molar-refractivity contribution in [3.8, 4) is 0 Å². The molecule has 1 aromatic carbocycles. The highest BCUT2D eigenvalue weighted by Gasteiger charge is 2.03. The molecule has 16 heavy (non-hydrogen) atoms. The standard InChI is InChI=1S/C13H17BrO2/c14-9-5-2-6-10-16-13(15)11-12-7-3-1-4-8-12/h1,3-4,7-8H,2,5-6,9-11H2. The van der Waals surface area contributed by atoms with Crippen LogP contribution in [0, 0.1) is 0 Å². The minimum atomic E-state index is -0.134. The second kappa shape index (κ2) is 8.34. The lowest BCUT2D eigenvalue weighted by molar-refractivity contribution is -0.142. The van der Waals surface area contributed by atoms with Gasteiger partial charge in [-0.05, 0) is 24.8 Å². The molecular weight excluding hydrogens is 268 g/mol. The van der Waals surface area contributed by atoms with Gasteiger partial charge >= 0.3 is 5.97 Å². The van der Waals surface area contributed by atoms with Crippen molar-refractivity contribution in [1.29, 1.82) is 0 Å². The van der Waals surface area contributed by atoms with Gasteiger partial charge in [0.15, 0.2) is 0 Å². The summed E-state index contributed by atoms with van der Waals surface area (Å²) in [4.78, 5) is 11.4. The molecular formula is C13H17BrO2. The van der Waals surface area contributed by atoms with Crippen LogP contribution in [-0.4, -0.2) is 17.9 Å². The second-order valence-corrected chi connectivity index (χ2v) is 4.43. The zero-order valence-corrected chi connectivity index (χ0v) is 10.9. The van der Waals surface area contributed by atoms with Gasteiger partial charge in [0.2, 0.25) is 0 Å². The Morgan fingerprint density at radius 3 is 2.56 bits per heavy atom. The van der Waals surface area contributed by atoms with E-state index in [9.17, 15) is 4.79 Å². The van der Waals surface area contributed by atoms with Crippen molar-refractivity contribution in [2.45, 2.75) is 25.7 Å². The molecule has 0 fully saturated rings. The lowest BCUT2D eigenvalue weighted by Gasteiger charge is -2.04. The Bertz CT molecular complexity index is 298. The third-order valence-electron chi connectivity index (χ3n) is 2.23. The van der Waals surface area contributed by atoms with Gasteiger partial charge in [0.05, 0.1) is 13.0 Å². The highest BCUT2D eigenvalue weighted by molar-refractivity contribution is 9.09. The van der Waals surface area contributed by atoms with Crippen molar-refractivity contribution in [1.82, 2.24) is 0 Å². The molecule has 0 aliphatic rings. The van der Waals surface area contributed by atoms with Gasteiger partial charge in [-0.3, -0.25) is 4.79 Å². The van der Waals surface area contributed by atoms with Crippen LogP contribution in [0.5, 0.6) is 0 Å². The molecule has 0 amide bonds. The molecule has 0 bridgehead atoms. The molecule has 0 aliphatic carbocycles. The van der Waals surface area contributed by atoms with E-state index in [4.69, 9.17) is 4.74 Å². The zero-order valence-electron chi connectivity index (χ0n) is 9.32. The van der Waals surface area contributed by atoms with Gasteiger partial charge in [-0.25, -0.2) is 0 Å². The maximum atomic E-state index is 11.4. The fourth-order valence-corrected chi connectivity index (χ4v) is 1.77. The topological polar surface area (TPSA) is 26.3 Å². The number of carbonyl (C=O) groups is 1. The van der Waals surface area contributed by atoms with Crippen LogP contribution in [0.15, 0.2) is 30.3 Å². The predicted molar refractivity (Wildman–Crippen MR) is 68.8 cm³/mol. The van der Waals surface area contributed by atoms with Crippen molar-refractivity contribution < 1.29 is 9.53 Å². The second-order valence-electron chi connectivity index (χ2n) is 3.63. The van der Waals surface area contributed by atoms with Crippen molar-refractivity contribution in [3.05, 3.63) is 35.9 Å². The van der Waals surface area contributed by atoms with Crippen LogP contribution in [0.25, 0.3) is 0 Å². The first-order valence-corrected chi connectivity index (χ1v) is 6.70. The number of hydrogen-bond acceptors (Lipinski definition) is 2. The van der Waals surface area contributed by atoms with Crippen LogP contribution in [0.3, 0.4) is 0 Å². The molecule has 0 spiro atoms. The molecule has 2 nitrogen and oxygen atoms in total. The molecule has 0 aliphatic heterocycles.